The monoisotopic (exact) mass is 179 g/mol. The molecule has 0 radical (unpaired) electrons. The molecule has 0 aliphatic rings. The van der Waals surface area contributed by atoms with Crippen molar-refractivity contribution in [2.45, 2.75) is 4.21 Å². The van der Waals surface area contributed by atoms with Crippen LogP contribution in [-0.4, -0.2) is 16.2 Å². The summed E-state index contributed by atoms with van der Waals surface area (Å²) >= 11 is 1.33. The molecule has 1 aromatic rings. The molecule has 0 saturated carbocycles. The lowest BCUT2D eigenvalue weighted by Crippen LogP contribution is -2.13. The van der Waals surface area contributed by atoms with Crippen LogP contribution in [0.1, 0.15) is 0 Å². The van der Waals surface area contributed by atoms with Crippen LogP contribution in [0.3, 0.4) is 0 Å². The summed E-state index contributed by atoms with van der Waals surface area (Å²) in [6.07, 6.45) is 0. The first-order valence-corrected chi connectivity index (χ1v) is 5.10. The van der Waals surface area contributed by atoms with Crippen molar-refractivity contribution in [2.24, 2.45) is 0 Å². The summed E-state index contributed by atoms with van der Waals surface area (Å²) in [5.41, 5.74) is 0. The van der Waals surface area contributed by atoms with E-state index in [9.17, 15) is 9.11 Å². The van der Waals surface area contributed by atoms with Gasteiger partial charge in [-0.15, -0.1) is 22.1 Å². The van der Waals surface area contributed by atoms with Crippen LogP contribution in [0.5, 0.6) is 0 Å². The van der Waals surface area contributed by atoms with Gasteiger partial charge in [0.15, 0.2) is 0 Å². The van der Waals surface area contributed by atoms with Gasteiger partial charge in [-0.05, 0) is 17.5 Å². The minimum atomic E-state index is -2.69. The first kappa shape index (κ1) is 8.03. The maximum atomic E-state index is 9.22. The van der Waals surface area contributed by atoms with Crippen LogP contribution in [-0.2, 0) is 0 Å². The van der Waals surface area contributed by atoms with Crippen LogP contribution in [0.2, 0.25) is 0 Å². The maximum Gasteiger partial charge on any atom is 0.127 e. The number of hydrogen-bond acceptors (Lipinski definition) is 4. The van der Waals surface area contributed by atoms with Gasteiger partial charge in [-0.25, -0.2) is 4.72 Å². The SMILES string of the molecule is CNS(O)(O)c1cccs1. The minimum Gasteiger partial charge on any atom is -0.281 e. The third-order valence-corrected chi connectivity index (χ3v) is 3.97. The predicted octanol–water partition coefficient (Wildman–Crippen LogP) is 1.99. The number of nitrogens with one attached hydrogen (secondary N) is 1. The molecule has 3 N–H and O–H groups in total. The second-order valence-corrected chi connectivity index (χ2v) is 4.84. The molecule has 1 heterocycles. The average molecular weight is 179 g/mol. The Bertz CT molecular complexity index is 197. The lowest BCUT2D eigenvalue weighted by atomic mass is 10.7. The van der Waals surface area contributed by atoms with E-state index in [1.54, 1.807) is 17.5 Å². The molecule has 0 aliphatic heterocycles. The molecule has 0 aliphatic carbocycles. The maximum absolute atomic E-state index is 9.22. The highest BCUT2D eigenvalue weighted by Crippen LogP contribution is 2.45. The molecule has 0 atom stereocenters. The van der Waals surface area contributed by atoms with Crippen LogP contribution >= 0.6 is 22.1 Å². The van der Waals surface area contributed by atoms with Gasteiger partial charge >= 0.3 is 0 Å². The summed E-state index contributed by atoms with van der Waals surface area (Å²) in [7, 11) is -1.16. The van der Waals surface area contributed by atoms with Gasteiger partial charge in [0.25, 0.3) is 0 Å². The van der Waals surface area contributed by atoms with Crippen molar-refractivity contribution in [3.8, 4) is 0 Å². The van der Waals surface area contributed by atoms with E-state index in [-0.39, 0.29) is 0 Å². The van der Waals surface area contributed by atoms with Gasteiger partial charge in [0.2, 0.25) is 0 Å². The molecule has 58 valence electrons. The predicted molar refractivity (Wildman–Crippen MR) is 44.5 cm³/mol. The molecule has 0 amide bonds. The Morgan fingerprint density at radius 3 is 2.70 bits per heavy atom. The lowest BCUT2D eigenvalue weighted by molar-refractivity contribution is 0.479. The Morgan fingerprint density at radius 2 is 2.30 bits per heavy atom. The van der Waals surface area contributed by atoms with Gasteiger partial charge in [0.05, 0.1) is 0 Å². The third kappa shape index (κ3) is 1.50. The summed E-state index contributed by atoms with van der Waals surface area (Å²) in [6, 6.07) is 3.47. The average Bonchev–Trinajstić information content (AvgIpc) is 2.38. The number of rotatable bonds is 2. The highest BCUT2D eigenvalue weighted by molar-refractivity contribution is 8.23. The largest absolute Gasteiger partial charge is 0.281 e. The molecule has 0 spiro atoms. The van der Waals surface area contributed by atoms with Crippen LogP contribution in [0.4, 0.5) is 0 Å². The van der Waals surface area contributed by atoms with Gasteiger partial charge in [-0.1, -0.05) is 0 Å². The molecule has 0 saturated heterocycles. The van der Waals surface area contributed by atoms with E-state index >= 15 is 0 Å². The van der Waals surface area contributed by atoms with E-state index in [0.717, 1.165) is 0 Å². The van der Waals surface area contributed by atoms with Crippen molar-refractivity contribution in [1.29, 1.82) is 0 Å². The van der Waals surface area contributed by atoms with Crippen LogP contribution in [0.25, 0.3) is 0 Å². The van der Waals surface area contributed by atoms with Gasteiger partial charge in [0, 0.05) is 7.05 Å². The Balaban J connectivity index is 2.85. The quantitative estimate of drug-likeness (QED) is 0.650. The zero-order valence-corrected chi connectivity index (χ0v) is 7.08. The summed E-state index contributed by atoms with van der Waals surface area (Å²) in [6.45, 7) is 0. The number of hydrogen-bond donors (Lipinski definition) is 3. The van der Waals surface area contributed by atoms with E-state index in [0.29, 0.717) is 4.21 Å². The van der Waals surface area contributed by atoms with Crippen molar-refractivity contribution in [3.05, 3.63) is 17.5 Å². The Hall–Kier alpha value is -0.0700. The van der Waals surface area contributed by atoms with E-state index in [4.69, 9.17) is 0 Å². The van der Waals surface area contributed by atoms with E-state index in [1.807, 2.05) is 0 Å². The van der Waals surface area contributed by atoms with Crippen LogP contribution in [0.15, 0.2) is 21.7 Å². The topological polar surface area (TPSA) is 52.5 Å². The molecule has 1 aromatic heterocycles. The van der Waals surface area contributed by atoms with Crippen molar-refractivity contribution in [2.75, 3.05) is 7.05 Å². The molecule has 10 heavy (non-hydrogen) atoms. The Morgan fingerprint density at radius 1 is 1.60 bits per heavy atom. The third-order valence-electron chi connectivity index (χ3n) is 1.06. The zero-order valence-electron chi connectivity index (χ0n) is 5.44. The minimum absolute atomic E-state index is 0.579. The zero-order chi connectivity index (χ0) is 7.61. The van der Waals surface area contributed by atoms with Gasteiger partial charge in [-0.2, -0.15) is 0 Å². The van der Waals surface area contributed by atoms with Crippen molar-refractivity contribution < 1.29 is 9.11 Å². The lowest BCUT2D eigenvalue weighted by Gasteiger charge is -2.28. The second kappa shape index (κ2) is 2.89. The van der Waals surface area contributed by atoms with Crippen LogP contribution < -0.4 is 4.72 Å². The molecular formula is C5H9NO2S2. The highest BCUT2D eigenvalue weighted by atomic mass is 32.3. The fraction of sp³-hybridized carbons (Fsp3) is 0.200. The molecule has 0 fully saturated rings. The second-order valence-electron chi connectivity index (χ2n) is 1.69. The highest BCUT2D eigenvalue weighted by Gasteiger charge is 2.12. The standard InChI is InChI=1S/C5H9NO2S2/c1-6-10(7,8)5-3-2-4-9-5/h2-4,6-8H,1H3. The van der Waals surface area contributed by atoms with E-state index < -0.39 is 10.8 Å². The fourth-order valence-electron chi connectivity index (χ4n) is 0.526. The molecule has 1 rings (SSSR count). The molecule has 0 unspecified atom stereocenters. The fourth-order valence-corrected chi connectivity index (χ4v) is 2.40. The summed E-state index contributed by atoms with van der Waals surface area (Å²) in [5.74, 6) is 0. The van der Waals surface area contributed by atoms with Crippen LogP contribution in [0, 0.1) is 0 Å². The van der Waals surface area contributed by atoms with Crippen molar-refractivity contribution >= 4 is 22.1 Å². The van der Waals surface area contributed by atoms with E-state index in [2.05, 4.69) is 4.72 Å². The first-order chi connectivity index (χ1) is 4.67. The molecular weight excluding hydrogens is 170 g/mol. The van der Waals surface area contributed by atoms with E-state index in [1.165, 1.54) is 18.4 Å². The van der Waals surface area contributed by atoms with Gasteiger partial charge in [-0.3, -0.25) is 9.11 Å². The summed E-state index contributed by atoms with van der Waals surface area (Å²) < 4.78 is 21.5. The Kier molecular flexibility index (Phi) is 2.32. The summed E-state index contributed by atoms with van der Waals surface area (Å²) in [4.78, 5) is 0. The Labute approximate surface area is 65.2 Å². The van der Waals surface area contributed by atoms with Gasteiger partial charge in [0.1, 0.15) is 4.21 Å². The molecule has 3 nitrogen and oxygen atoms in total. The van der Waals surface area contributed by atoms with Crippen molar-refractivity contribution in [3.63, 3.8) is 0 Å². The normalized spacial score (nSPS) is 13.5. The van der Waals surface area contributed by atoms with Crippen molar-refractivity contribution in [1.82, 2.24) is 4.72 Å². The molecule has 0 aromatic carbocycles. The summed E-state index contributed by atoms with van der Waals surface area (Å²) in [5, 5.41) is 1.81. The number of thiophene rings is 1. The smallest absolute Gasteiger partial charge is 0.127 e. The molecule has 0 bridgehead atoms. The first-order valence-electron chi connectivity index (χ1n) is 2.67. The van der Waals surface area contributed by atoms with Gasteiger partial charge < -0.3 is 0 Å². The molecule has 5 heteroatoms.